The van der Waals surface area contributed by atoms with Gasteiger partial charge in [-0.25, -0.2) is 4.99 Å². The molecule has 0 saturated carbocycles. The van der Waals surface area contributed by atoms with Gasteiger partial charge < -0.3 is 10.6 Å². The van der Waals surface area contributed by atoms with Crippen molar-refractivity contribution in [2.45, 2.75) is 46.6 Å². The molecule has 0 bridgehead atoms. The molecule has 0 aromatic heterocycles. The van der Waals surface area contributed by atoms with Crippen molar-refractivity contribution in [2.75, 3.05) is 13.1 Å². The molecular weight excluding hydrogens is 174 g/mol. The van der Waals surface area contributed by atoms with E-state index in [1.807, 2.05) is 0 Å². The molecule has 0 amide bonds. The minimum atomic E-state index is -0.0726. The van der Waals surface area contributed by atoms with E-state index < -0.39 is 0 Å². The molecule has 82 valence electrons. The zero-order chi connectivity index (χ0) is 11.0. The van der Waals surface area contributed by atoms with Gasteiger partial charge in [0, 0.05) is 13.1 Å². The van der Waals surface area contributed by atoms with Gasteiger partial charge in [0.2, 0.25) is 0 Å². The fourth-order valence-electron chi connectivity index (χ4n) is 1.72. The summed E-state index contributed by atoms with van der Waals surface area (Å²) in [5.41, 5.74) is 6.28. The van der Waals surface area contributed by atoms with Gasteiger partial charge in [-0.1, -0.05) is 13.8 Å². The molecule has 1 rings (SSSR count). The molecule has 1 fully saturated rings. The highest BCUT2D eigenvalue weighted by molar-refractivity contribution is 5.78. The zero-order valence-corrected chi connectivity index (χ0v) is 10.1. The second kappa shape index (κ2) is 3.44. The number of guanidine groups is 1. The van der Waals surface area contributed by atoms with Crippen LogP contribution in [0.1, 0.15) is 41.0 Å². The van der Waals surface area contributed by atoms with Crippen molar-refractivity contribution in [1.82, 2.24) is 4.90 Å². The first-order valence-electron chi connectivity index (χ1n) is 5.30. The highest BCUT2D eigenvalue weighted by atomic mass is 15.3. The maximum atomic E-state index is 5.96. The van der Waals surface area contributed by atoms with Gasteiger partial charge >= 0.3 is 0 Å². The van der Waals surface area contributed by atoms with Crippen LogP contribution in [0.3, 0.4) is 0 Å². The van der Waals surface area contributed by atoms with E-state index in [1.54, 1.807) is 0 Å². The van der Waals surface area contributed by atoms with Gasteiger partial charge in [-0.05, 0) is 32.6 Å². The van der Waals surface area contributed by atoms with E-state index in [1.165, 1.54) is 6.42 Å². The van der Waals surface area contributed by atoms with Crippen molar-refractivity contribution >= 4 is 5.96 Å². The second-order valence-corrected chi connectivity index (χ2v) is 5.98. The number of aliphatic imine (C=N–C) groups is 1. The Morgan fingerprint density at radius 1 is 1.36 bits per heavy atom. The Morgan fingerprint density at radius 2 is 1.93 bits per heavy atom. The quantitative estimate of drug-likeness (QED) is 0.475. The number of rotatable bonds is 0. The molecule has 3 nitrogen and oxygen atoms in total. The first kappa shape index (κ1) is 11.3. The smallest absolute Gasteiger partial charge is 0.191 e. The summed E-state index contributed by atoms with van der Waals surface area (Å²) in [4.78, 5) is 6.66. The Kier molecular flexibility index (Phi) is 2.79. The topological polar surface area (TPSA) is 41.6 Å². The summed E-state index contributed by atoms with van der Waals surface area (Å²) >= 11 is 0. The maximum absolute atomic E-state index is 5.96. The third kappa shape index (κ3) is 3.20. The Labute approximate surface area is 87.4 Å². The maximum Gasteiger partial charge on any atom is 0.191 e. The van der Waals surface area contributed by atoms with Gasteiger partial charge in [0.1, 0.15) is 0 Å². The molecule has 1 aliphatic rings. The Morgan fingerprint density at radius 3 is 2.29 bits per heavy atom. The normalized spacial score (nSPS) is 22.9. The molecular formula is C11H23N3. The fourth-order valence-corrected chi connectivity index (χ4v) is 1.72. The van der Waals surface area contributed by atoms with Crippen molar-refractivity contribution < 1.29 is 0 Å². The predicted molar refractivity (Wildman–Crippen MR) is 61.3 cm³/mol. The lowest BCUT2D eigenvalue weighted by Gasteiger charge is -2.23. The van der Waals surface area contributed by atoms with Crippen molar-refractivity contribution in [1.29, 1.82) is 0 Å². The Bertz CT molecular complexity index is 235. The van der Waals surface area contributed by atoms with Crippen molar-refractivity contribution in [2.24, 2.45) is 16.1 Å². The molecule has 0 atom stereocenters. The molecule has 1 heterocycles. The summed E-state index contributed by atoms with van der Waals surface area (Å²) in [6.07, 6.45) is 1.20. The molecule has 0 aromatic carbocycles. The average Bonchev–Trinajstić information content (AvgIpc) is 2.26. The summed E-state index contributed by atoms with van der Waals surface area (Å²) in [6.45, 7) is 12.8. The van der Waals surface area contributed by atoms with Crippen LogP contribution in [0.15, 0.2) is 4.99 Å². The standard InChI is InChI=1S/C11H23N3/c1-10(2,3)13-9(12)14-7-6-11(4,5)8-14/h6-8H2,1-5H3,(H2,12,13). The van der Waals surface area contributed by atoms with Crippen LogP contribution in [0.2, 0.25) is 0 Å². The van der Waals surface area contributed by atoms with Crippen LogP contribution in [-0.4, -0.2) is 29.5 Å². The third-order valence-electron chi connectivity index (χ3n) is 2.45. The lowest BCUT2D eigenvalue weighted by Crippen LogP contribution is -2.38. The molecule has 1 aliphatic heterocycles. The highest BCUT2D eigenvalue weighted by Gasteiger charge is 2.30. The lowest BCUT2D eigenvalue weighted by atomic mass is 9.93. The number of likely N-dealkylation sites (tertiary alicyclic amines) is 1. The largest absolute Gasteiger partial charge is 0.370 e. The van der Waals surface area contributed by atoms with Crippen LogP contribution in [0.25, 0.3) is 0 Å². The van der Waals surface area contributed by atoms with Crippen LogP contribution in [0.4, 0.5) is 0 Å². The fraction of sp³-hybridized carbons (Fsp3) is 0.909. The van der Waals surface area contributed by atoms with Crippen LogP contribution in [0, 0.1) is 5.41 Å². The van der Waals surface area contributed by atoms with Gasteiger partial charge in [-0.15, -0.1) is 0 Å². The molecule has 0 aromatic rings. The molecule has 14 heavy (non-hydrogen) atoms. The summed E-state index contributed by atoms with van der Waals surface area (Å²) in [7, 11) is 0. The second-order valence-electron chi connectivity index (χ2n) is 5.98. The molecule has 1 saturated heterocycles. The van der Waals surface area contributed by atoms with Crippen LogP contribution in [0.5, 0.6) is 0 Å². The van der Waals surface area contributed by atoms with Crippen molar-refractivity contribution in [3.05, 3.63) is 0 Å². The SMILES string of the molecule is CC1(C)CCN(C(N)=NC(C)(C)C)C1. The van der Waals surface area contributed by atoms with E-state index in [2.05, 4.69) is 44.5 Å². The Balaban J connectivity index is 2.64. The first-order chi connectivity index (χ1) is 6.20. The van der Waals surface area contributed by atoms with E-state index in [4.69, 9.17) is 5.73 Å². The van der Waals surface area contributed by atoms with Crippen LogP contribution < -0.4 is 5.73 Å². The van der Waals surface area contributed by atoms with Gasteiger partial charge in [-0.2, -0.15) is 0 Å². The first-order valence-corrected chi connectivity index (χ1v) is 5.30. The minimum Gasteiger partial charge on any atom is -0.370 e. The lowest BCUT2D eigenvalue weighted by molar-refractivity contribution is 0.371. The molecule has 3 heteroatoms. The minimum absolute atomic E-state index is 0.0726. The number of hydrogen-bond acceptors (Lipinski definition) is 1. The molecule has 2 N–H and O–H groups in total. The summed E-state index contributed by atoms with van der Waals surface area (Å²) in [5.74, 6) is 0.697. The molecule has 0 aliphatic carbocycles. The Hall–Kier alpha value is -0.730. The summed E-state index contributed by atoms with van der Waals surface area (Å²) < 4.78 is 0. The summed E-state index contributed by atoms with van der Waals surface area (Å²) in [5, 5.41) is 0. The average molecular weight is 197 g/mol. The van der Waals surface area contributed by atoms with E-state index in [0.717, 1.165) is 13.1 Å². The monoisotopic (exact) mass is 197 g/mol. The van der Waals surface area contributed by atoms with E-state index in [-0.39, 0.29) is 5.54 Å². The third-order valence-corrected chi connectivity index (χ3v) is 2.45. The number of nitrogens with zero attached hydrogens (tertiary/aromatic N) is 2. The van der Waals surface area contributed by atoms with Crippen LogP contribution >= 0.6 is 0 Å². The highest BCUT2D eigenvalue weighted by Crippen LogP contribution is 2.28. The van der Waals surface area contributed by atoms with E-state index >= 15 is 0 Å². The van der Waals surface area contributed by atoms with Gasteiger partial charge in [0.05, 0.1) is 5.54 Å². The summed E-state index contributed by atoms with van der Waals surface area (Å²) in [6, 6.07) is 0. The number of hydrogen-bond donors (Lipinski definition) is 1. The van der Waals surface area contributed by atoms with E-state index in [0.29, 0.717) is 11.4 Å². The zero-order valence-electron chi connectivity index (χ0n) is 10.1. The van der Waals surface area contributed by atoms with Crippen molar-refractivity contribution in [3.63, 3.8) is 0 Å². The predicted octanol–water partition coefficient (Wildman–Crippen LogP) is 1.83. The van der Waals surface area contributed by atoms with Crippen LogP contribution in [-0.2, 0) is 0 Å². The van der Waals surface area contributed by atoms with Gasteiger partial charge in [0.15, 0.2) is 5.96 Å². The molecule has 0 unspecified atom stereocenters. The van der Waals surface area contributed by atoms with Gasteiger partial charge in [0.25, 0.3) is 0 Å². The molecule has 0 radical (unpaired) electrons. The van der Waals surface area contributed by atoms with Gasteiger partial charge in [-0.3, -0.25) is 0 Å². The molecule has 0 spiro atoms. The van der Waals surface area contributed by atoms with E-state index in [9.17, 15) is 0 Å². The van der Waals surface area contributed by atoms with Crippen molar-refractivity contribution in [3.8, 4) is 0 Å². The number of nitrogens with two attached hydrogens (primary N) is 1.